The Morgan fingerprint density at radius 1 is 1.25 bits per heavy atom. The fraction of sp³-hybridized carbons (Fsp3) is 0.600. The lowest BCUT2D eigenvalue weighted by Crippen LogP contribution is -1.91. The Kier molecular flexibility index (Phi) is 3.87. The van der Waals surface area contributed by atoms with E-state index < -0.39 is 0 Å². The van der Waals surface area contributed by atoms with Gasteiger partial charge in [-0.25, -0.2) is 0 Å². The maximum absolute atomic E-state index is 5.42. The van der Waals surface area contributed by atoms with Gasteiger partial charge in [-0.05, 0) is 36.3 Å². The Bertz CT molecular complexity index is 332. The zero-order valence-corrected chi connectivity index (χ0v) is 10.4. The highest BCUT2D eigenvalue weighted by Crippen LogP contribution is 2.52. The molecule has 1 nitrogen and oxygen atoms in total. The van der Waals surface area contributed by atoms with Gasteiger partial charge in [0, 0.05) is 0 Å². The first-order chi connectivity index (χ1) is 7.86. The van der Waals surface area contributed by atoms with Crippen LogP contribution < -0.4 is 4.74 Å². The molecule has 0 bridgehead atoms. The van der Waals surface area contributed by atoms with Crippen molar-refractivity contribution in [2.24, 2.45) is 5.92 Å². The monoisotopic (exact) mass is 218 g/mol. The standard InChI is InChI=1S/C15H22O/c1-3-4-5-8-12-11-14(12)13-9-6-7-10-15(13)16-2/h6-7,9-10,12,14H,3-5,8,11H2,1-2H3/t12-,14+/m1/s1. The molecule has 1 aromatic rings. The van der Waals surface area contributed by atoms with Crippen molar-refractivity contribution in [2.75, 3.05) is 7.11 Å². The number of para-hydroxylation sites is 1. The SMILES string of the molecule is CCCCC[C@@H]1C[C@@H]1c1ccccc1OC. The fourth-order valence-corrected chi connectivity index (χ4v) is 2.58. The van der Waals surface area contributed by atoms with Gasteiger partial charge in [0.2, 0.25) is 0 Å². The highest BCUT2D eigenvalue weighted by Gasteiger charge is 2.38. The van der Waals surface area contributed by atoms with Gasteiger partial charge in [0.05, 0.1) is 7.11 Å². The summed E-state index contributed by atoms with van der Waals surface area (Å²) < 4.78 is 5.42. The van der Waals surface area contributed by atoms with Crippen molar-refractivity contribution in [1.82, 2.24) is 0 Å². The summed E-state index contributed by atoms with van der Waals surface area (Å²) >= 11 is 0. The number of unbranched alkanes of at least 4 members (excludes halogenated alkanes) is 2. The van der Waals surface area contributed by atoms with E-state index in [2.05, 4.69) is 31.2 Å². The van der Waals surface area contributed by atoms with Crippen molar-refractivity contribution in [3.63, 3.8) is 0 Å². The topological polar surface area (TPSA) is 9.23 Å². The lowest BCUT2D eigenvalue weighted by atomic mass is 10.0. The molecule has 1 heteroatoms. The van der Waals surface area contributed by atoms with Crippen molar-refractivity contribution in [2.45, 2.75) is 44.9 Å². The quantitative estimate of drug-likeness (QED) is 0.644. The lowest BCUT2D eigenvalue weighted by molar-refractivity contribution is 0.409. The van der Waals surface area contributed by atoms with Crippen molar-refractivity contribution in [1.29, 1.82) is 0 Å². The van der Waals surface area contributed by atoms with Gasteiger partial charge in [-0.1, -0.05) is 44.4 Å². The van der Waals surface area contributed by atoms with E-state index in [0.717, 1.165) is 17.6 Å². The molecule has 1 fully saturated rings. The van der Waals surface area contributed by atoms with Crippen LogP contribution in [0.1, 0.15) is 50.5 Å². The highest BCUT2D eigenvalue weighted by molar-refractivity contribution is 5.39. The first-order valence-corrected chi connectivity index (χ1v) is 6.49. The minimum Gasteiger partial charge on any atom is -0.496 e. The Labute approximate surface area is 98.8 Å². The normalized spacial score (nSPS) is 23.1. The Hall–Kier alpha value is -0.980. The molecule has 16 heavy (non-hydrogen) atoms. The van der Waals surface area contributed by atoms with E-state index in [1.807, 2.05) is 0 Å². The zero-order chi connectivity index (χ0) is 11.4. The third-order valence-corrected chi connectivity index (χ3v) is 3.64. The summed E-state index contributed by atoms with van der Waals surface area (Å²) in [7, 11) is 1.77. The van der Waals surface area contributed by atoms with Crippen LogP contribution in [0.25, 0.3) is 0 Å². The van der Waals surface area contributed by atoms with Gasteiger partial charge in [0.1, 0.15) is 5.75 Å². The van der Waals surface area contributed by atoms with Gasteiger partial charge in [0.25, 0.3) is 0 Å². The maximum atomic E-state index is 5.42. The average molecular weight is 218 g/mol. The van der Waals surface area contributed by atoms with Gasteiger partial charge in [-0.15, -0.1) is 0 Å². The molecule has 0 radical (unpaired) electrons. The average Bonchev–Trinajstić information content (AvgIpc) is 3.09. The van der Waals surface area contributed by atoms with Crippen LogP contribution in [0.4, 0.5) is 0 Å². The van der Waals surface area contributed by atoms with Crippen LogP contribution in [0, 0.1) is 5.92 Å². The second kappa shape index (κ2) is 5.38. The summed E-state index contributed by atoms with van der Waals surface area (Å²) in [5, 5.41) is 0. The number of methoxy groups -OCH3 is 1. The van der Waals surface area contributed by atoms with E-state index in [9.17, 15) is 0 Å². The van der Waals surface area contributed by atoms with Crippen molar-refractivity contribution >= 4 is 0 Å². The molecule has 0 N–H and O–H groups in total. The second-order valence-electron chi connectivity index (χ2n) is 4.84. The molecule has 2 rings (SSSR count). The maximum Gasteiger partial charge on any atom is 0.122 e. The minimum atomic E-state index is 0.771. The molecule has 1 aliphatic carbocycles. The van der Waals surface area contributed by atoms with E-state index >= 15 is 0 Å². The van der Waals surface area contributed by atoms with Gasteiger partial charge in [-0.2, -0.15) is 0 Å². The number of rotatable bonds is 6. The van der Waals surface area contributed by atoms with Crippen LogP contribution >= 0.6 is 0 Å². The molecule has 0 saturated heterocycles. The minimum absolute atomic E-state index is 0.771. The molecule has 1 aromatic carbocycles. The van der Waals surface area contributed by atoms with Crippen LogP contribution in [0.3, 0.4) is 0 Å². The van der Waals surface area contributed by atoms with Crippen molar-refractivity contribution in [3.05, 3.63) is 29.8 Å². The summed E-state index contributed by atoms with van der Waals surface area (Å²) in [5.74, 6) is 2.77. The second-order valence-corrected chi connectivity index (χ2v) is 4.84. The Balaban J connectivity index is 1.90. The third kappa shape index (κ3) is 2.58. The smallest absolute Gasteiger partial charge is 0.122 e. The van der Waals surface area contributed by atoms with Crippen LogP contribution in [0.2, 0.25) is 0 Å². The molecule has 0 aliphatic heterocycles. The van der Waals surface area contributed by atoms with E-state index in [1.165, 1.54) is 37.7 Å². The highest BCUT2D eigenvalue weighted by atomic mass is 16.5. The van der Waals surface area contributed by atoms with Crippen molar-refractivity contribution < 1.29 is 4.74 Å². The van der Waals surface area contributed by atoms with E-state index in [1.54, 1.807) is 7.11 Å². The first kappa shape index (κ1) is 11.5. The van der Waals surface area contributed by atoms with Crippen LogP contribution in [-0.2, 0) is 0 Å². The number of benzene rings is 1. The molecule has 0 amide bonds. The molecule has 88 valence electrons. The summed E-state index contributed by atoms with van der Waals surface area (Å²) in [4.78, 5) is 0. The number of hydrogen-bond donors (Lipinski definition) is 0. The van der Waals surface area contributed by atoms with Gasteiger partial charge in [-0.3, -0.25) is 0 Å². The molecule has 0 spiro atoms. The van der Waals surface area contributed by atoms with E-state index in [0.29, 0.717) is 0 Å². The molecule has 1 saturated carbocycles. The Morgan fingerprint density at radius 2 is 2.06 bits per heavy atom. The molecule has 0 aromatic heterocycles. The van der Waals surface area contributed by atoms with Crippen LogP contribution in [0.15, 0.2) is 24.3 Å². The molecule has 2 atom stereocenters. The summed E-state index contributed by atoms with van der Waals surface area (Å²) in [5.41, 5.74) is 1.42. The Morgan fingerprint density at radius 3 is 2.81 bits per heavy atom. The van der Waals surface area contributed by atoms with E-state index in [-0.39, 0.29) is 0 Å². The molecule has 0 unspecified atom stereocenters. The predicted molar refractivity (Wildman–Crippen MR) is 68.0 cm³/mol. The van der Waals surface area contributed by atoms with Gasteiger partial charge in [0.15, 0.2) is 0 Å². The van der Waals surface area contributed by atoms with Gasteiger partial charge >= 0.3 is 0 Å². The molecular formula is C15H22O. The zero-order valence-electron chi connectivity index (χ0n) is 10.4. The van der Waals surface area contributed by atoms with Crippen LogP contribution in [-0.4, -0.2) is 7.11 Å². The third-order valence-electron chi connectivity index (χ3n) is 3.64. The number of hydrogen-bond acceptors (Lipinski definition) is 1. The predicted octanol–water partition coefficient (Wildman–Crippen LogP) is 4.38. The fourth-order valence-electron chi connectivity index (χ4n) is 2.58. The summed E-state index contributed by atoms with van der Waals surface area (Å²) in [6.07, 6.45) is 6.87. The van der Waals surface area contributed by atoms with Crippen molar-refractivity contribution in [3.8, 4) is 5.75 Å². The molecule has 1 aliphatic rings. The summed E-state index contributed by atoms with van der Waals surface area (Å²) in [6.45, 7) is 2.27. The van der Waals surface area contributed by atoms with Crippen LogP contribution in [0.5, 0.6) is 5.75 Å². The van der Waals surface area contributed by atoms with Gasteiger partial charge < -0.3 is 4.74 Å². The number of ether oxygens (including phenoxy) is 1. The first-order valence-electron chi connectivity index (χ1n) is 6.49. The van der Waals surface area contributed by atoms with E-state index in [4.69, 9.17) is 4.74 Å². The largest absolute Gasteiger partial charge is 0.496 e. The molecule has 0 heterocycles. The lowest BCUT2D eigenvalue weighted by Gasteiger charge is -2.07. The summed E-state index contributed by atoms with van der Waals surface area (Å²) in [6, 6.07) is 8.48. The molecular weight excluding hydrogens is 196 g/mol.